The van der Waals surface area contributed by atoms with E-state index in [-0.39, 0.29) is 15.6 Å². The molecule has 10 heteroatoms. The number of hydrogen-bond donors (Lipinski definition) is 0. The van der Waals surface area contributed by atoms with Crippen molar-refractivity contribution in [3.05, 3.63) is 58.6 Å². The molecule has 2 aromatic rings. The SMILES string of the molecule is N#CC1=CN(c2ccc(OC(F)(F)F)cc2)c2cc(Cl)ccc2S1(=O)=O. The van der Waals surface area contributed by atoms with E-state index in [9.17, 15) is 21.6 Å². The molecule has 1 aliphatic rings. The van der Waals surface area contributed by atoms with E-state index in [0.717, 1.165) is 18.3 Å². The molecule has 26 heavy (non-hydrogen) atoms. The molecule has 0 N–H and O–H groups in total. The first-order chi connectivity index (χ1) is 12.1. The van der Waals surface area contributed by atoms with Crippen LogP contribution < -0.4 is 9.64 Å². The first kappa shape index (κ1) is 18.1. The van der Waals surface area contributed by atoms with E-state index in [1.54, 1.807) is 6.07 Å². The van der Waals surface area contributed by atoms with Crippen molar-refractivity contribution >= 4 is 32.8 Å². The van der Waals surface area contributed by atoms with E-state index in [0.29, 0.717) is 5.69 Å². The van der Waals surface area contributed by atoms with Crippen molar-refractivity contribution < 1.29 is 26.3 Å². The third kappa shape index (κ3) is 3.34. The summed E-state index contributed by atoms with van der Waals surface area (Å²) in [5.74, 6) is -0.429. The Balaban J connectivity index is 2.10. The predicted molar refractivity (Wildman–Crippen MR) is 87.6 cm³/mol. The van der Waals surface area contributed by atoms with Crippen LogP contribution in [0.15, 0.2) is 58.5 Å². The molecular formula is C16H8ClF3N2O3S. The second-order valence-corrected chi connectivity index (χ2v) is 7.46. The molecule has 0 saturated heterocycles. The number of sulfone groups is 1. The Labute approximate surface area is 151 Å². The fourth-order valence-corrected chi connectivity index (χ4v) is 3.84. The summed E-state index contributed by atoms with van der Waals surface area (Å²) < 4.78 is 65.4. The number of ether oxygens (including phenoxy) is 1. The summed E-state index contributed by atoms with van der Waals surface area (Å²) in [7, 11) is -4.00. The van der Waals surface area contributed by atoms with Crippen LogP contribution in [0.3, 0.4) is 0 Å². The minimum Gasteiger partial charge on any atom is -0.406 e. The van der Waals surface area contributed by atoms with E-state index in [4.69, 9.17) is 16.9 Å². The molecule has 2 aromatic carbocycles. The Morgan fingerprint density at radius 3 is 2.35 bits per heavy atom. The van der Waals surface area contributed by atoms with Crippen LogP contribution in [0.1, 0.15) is 0 Å². The third-order valence-corrected chi connectivity index (χ3v) is 5.40. The van der Waals surface area contributed by atoms with Gasteiger partial charge in [-0.2, -0.15) is 5.26 Å². The molecule has 0 amide bonds. The van der Waals surface area contributed by atoms with Gasteiger partial charge in [-0.1, -0.05) is 11.6 Å². The van der Waals surface area contributed by atoms with E-state index >= 15 is 0 Å². The first-order valence-electron chi connectivity index (χ1n) is 6.93. The molecule has 1 aliphatic heterocycles. The second-order valence-electron chi connectivity index (χ2n) is 5.13. The van der Waals surface area contributed by atoms with Crippen LogP contribution in [0.4, 0.5) is 24.5 Å². The van der Waals surface area contributed by atoms with E-state index < -0.39 is 26.9 Å². The molecule has 5 nitrogen and oxygen atoms in total. The number of nitriles is 1. The van der Waals surface area contributed by atoms with E-state index in [2.05, 4.69) is 4.74 Å². The molecule has 0 atom stereocenters. The predicted octanol–water partition coefficient (Wildman–Crippen LogP) is 4.53. The van der Waals surface area contributed by atoms with Crippen molar-refractivity contribution in [2.45, 2.75) is 11.3 Å². The zero-order valence-corrected chi connectivity index (χ0v) is 14.2. The first-order valence-corrected chi connectivity index (χ1v) is 8.79. The quantitative estimate of drug-likeness (QED) is 0.740. The smallest absolute Gasteiger partial charge is 0.406 e. The summed E-state index contributed by atoms with van der Waals surface area (Å²) in [4.78, 5) is 0.734. The van der Waals surface area contributed by atoms with Gasteiger partial charge in [0.15, 0.2) is 4.91 Å². The second kappa shape index (κ2) is 6.23. The van der Waals surface area contributed by atoms with Crippen LogP contribution in [-0.4, -0.2) is 14.8 Å². The largest absolute Gasteiger partial charge is 0.573 e. The summed E-state index contributed by atoms with van der Waals surface area (Å²) in [6, 6.07) is 10.4. The lowest BCUT2D eigenvalue weighted by molar-refractivity contribution is -0.274. The number of halogens is 4. The Hall–Kier alpha value is -2.70. The van der Waals surface area contributed by atoms with Gasteiger partial charge in [0.1, 0.15) is 11.8 Å². The Morgan fingerprint density at radius 2 is 1.77 bits per heavy atom. The molecule has 0 bridgehead atoms. The average molecular weight is 401 g/mol. The van der Waals surface area contributed by atoms with Crippen LogP contribution in [0.5, 0.6) is 5.75 Å². The summed E-state index contributed by atoms with van der Waals surface area (Å²) in [5, 5.41) is 9.41. The van der Waals surface area contributed by atoms with Gasteiger partial charge in [0.25, 0.3) is 0 Å². The van der Waals surface area contributed by atoms with Crippen molar-refractivity contribution in [2.75, 3.05) is 4.90 Å². The number of fused-ring (bicyclic) bond motifs is 1. The van der Waals surface area contributed by atoms with Crippen LogP contribution in [-0.2, 0) is 9.84 Å². The van der Waals surface area contributed by atoms with Crippen molar-refractivity contribution in [3.8, 4) is 11.8 Å². The third-order valence-electron chi connectivity index (χ3n) is 3.46. The molecule has 0 radical (unpaired) electrons. The molecule has 0 fully saturated rings. The summed E-state index contributed by atoms with van der Waals surface area (Å²) in [6.45, 7) is 0. The fourth-order valence-electron chi connectivity index (χ4n) is 2.39. The van der Waals surface area contributed by atoms with Crippen LogP contribution in [0, 0.1) is 11.3 Å². The highest BCUT2D eigenvalue weighted by Crippen LogP contribution is 2.41. The Morgan fingerprint density at radius 1 is 1.12 bits per heavy atom. The van der Waals surface area contributed by atoms with E-state index in [1.165, 1.54) is 35.2 Å². The standard InChI is InChI=1S/C16H8ClF3N2O3S/c17-10-1-6-15-14(7-10)22(9-13(8-21)26(15,23)24)11-2-4-12(5-3-11)25-16(18,19)20/h1-7,9H. The molecule has 0 unspecified atom stereocenters. The van der Waals surface area contributed by atoms with Gasteiger partial charge >= 0.3 is 6.36 Å². The van der Waals surface area contributed by atoms with E-state index in [1.807, 2.05) is 0 Å². The van der Waals surface area contributed by atoms with Gasteiger partial charge in [0.05, 0.1) is 10.6 Å². The molecular weight excluding hydrogens is 393 g/mol. The lowest BCUT2D eigenvalue weighted by atomic mass is 10.2. The maximum atomic E-state index is 12.4. The minimum absolute atomic E-state index is 0.128. The van der Waals surface area contributed by atoms with Crippen molar-refractivity contribution in [2.24, 2.45) is 0 Å². The number of alkyl halides is 3. The lowest BCUT2D eigenvalue weighted by Crippen LogP contribution is -2.21. The number of benzene rings is 2. The molecule has 134 valence electrons. The zero-order chi connectivity index (χ0) is 19.1. The average Bonchev–Trinajstić information content (AvgIpc) is 2.54. The maximum Gasteiger partial charge on any atom is 0.573 e. The summed E-state index contributed by atoms with van der Waals surface area (Å²) in [5.41, 5.74) is 0.506. The number of nitrogens with zero attached hydrogens (tertiary/aromatic N) is 2. The van der Waals surface area contributed by atoms with Gasteiger partial charge in [0.2, 0.25) is 9.84 Å². The highest BCUT2D eigenvalue weighted by Gasteiger charge is 2.33. The highest BCUT2D eigenvalue weighted by atomic mass is 35.5. The van der Waals surface area contributed by atoms with Crippen molar-refractivity contribution in [3.63, 3.8) is 0 Å². The van der Waals surface area contributed by atoms with Crippen molar-refractivity contribution in [1.29, 1.82) is 5.26 Å². The van der Waals surface area contributed by atoms with Gasteiger partial charge in [0, 0.05) is 16.9 Å². The monoisotopic (exact) mass is 400 g/mol. The Bertz CT molecular complexity index is 1040. The number of allylic oxidation sites excluding steroid dienone is 1. The summed E-state index contributed by atoms with van der Waals surface area (Å²) in [6.07, 6.45) is -3.73. The molecule has 0 saturated carbocycles. The fraction of sp³-hybridized carbons (Fsp3) is 0.0625. The number of anilines is 2. The minimum atomic E-state index is -4.82. The topological polar surface area (TPSA) is 70.4 Å². The Kier molecular flexibility index (Phi) is 4.34. The number of hydrogen-bond acceptors (Lipinski definition) is 5. The molecule has 0 spiro atoms. The van der Waals surface area contributed by atoms with Gasteiger partial charge < -0.3 is 9.64 Å². The van der Waals surface area contributed by atoms with Gasteiger partial charge in [-0.05, 0) is 42.5 Å². The van der Waals surface area contributed by atoms with Crippen LogP contribution >= 0.6 is 11.6 Å². The zero-order valence-electron chi connectivity index (χ0n) is 12.7. The van der Waals surface area contributed by atoms with Gasteiger partial charge in [-0.25, -0.2) is 8.42 Å². The molecule has 0 aliphatic carbocycles. The lowest BCUT2D eigenvalue weighted by Gasteiger charge is -2.27. The molecule has 1 heterocycles. The normalized spacial score (nSPS) is 15.7. The van der Waals surface area contributed by atoms with Gasteiger partial charge in [-0.3, -0.25) is 0 Å². The van der Waals surface area contributed by atoms with Crippen LogP contribution in [0.25, 0.3) is 0 Å². The highest BCUT2D eigenvalue weighted by molar-refractivity contribution is 7.95. The maximum absolute atomic E-state index is 12.4. The van der Waals surface area contributed by atoms with Crippen LogP contribution in [0.2, 0.25) is 5.02 Å². The van der Waals surface area contributed by atoms with Crippen molar-refractivity contribution in [1.82, 2.24) is 0 Å². The number of rotatable bonds is 2. The summed E-state index contributed by atoms with van der Waals surface area (Å²) >= 11 is 5.94. The molecule has 0 aromatic heterocycles. The van der Waals surface area contributed by atoms with Gasteiger partial charge in [-0.15, -0.1) is 13.2 Å². The molecule has 3 rings (SSSR count).